The Hall–Kier alpha value is -4.05. The zero-order chi connectivity index (χ0) is 23.2. The molecule has 4 heterocycles. The van der Waals surface area contributed by atoms with Crippen molar-refractivity contribution in [1.29, 1.82) is 0 Å². The van der Waals surface area contributed by atoms with Crippen LogP contribution in [0.25, 0.3) is 28.0 Å². The van der Waals surface area contributed by atoms with Crippen molar-refractivity contribution in [3.63, 3.8) is 0 Å². The van der Waals surface area contributed by atoms with E-state index in [9.17, 15) is 14.7 Å². The summed E-state index contributed by atoms with van der Waals surface area (Å²) in [5.41, 5.74) is 1.39. The Morgan fingerprint density at radius 1 is 1.30 bits per heavy atom. The molecule has 3 aromatic heterocycles. The molecule has 1 aliphatic heterocycles. The van der Waals surface area contributed by atoms with E-state index in [0.717, 1.165) is 5.56 Å². The number of ether oxygens (including phenoxy) is 1. The maximum atomic E-state index is 12.4. The second-order valence-electron chi connectivity index (χ2n) is 7.83. The summed E-state index contributed by atoms with van der Waals surface area (Å²) in [6.45, 7) is 2.41. The lowest BCUT2D eigenvalue weighted by atomic mass is 9.97. The van der Waals surface area contributed by atoms with Gasteiger partial charge in [0, 0.05) is 49.6 Å². The first-order valence-electron chi connectivity index (χ1n) is 10.5. The summed E-state index contributed by atoms with van der Waals surface area (Å²) in [5, 5.41) is 14.9. The zero-order valence-corrected chi connectivity index (χ0v) is 18.1. The van der Waals surface area contributed by atoms with Gasteiger partial charge in [-0.3, -0.25) is 14.2 Å². The number of benzene rings is 1. The predicted molar refractivity (Wildman–Crippen MR) is 116 cm³/mol. The fraction of sp³-hybridized carbons (Fsp3) is 0.261. The van der Waals surface area contributed by atoms with Crippen LogP contribution in [-0.4, -0.2) is 61.6 Å². The maximum Gasteiger partial charge on any atom is 0.374 e. The van der Waals surface area contributed by atoms with Crippen molar-refractivity contribution in [2.24, 2.45) is 0 Å². The highest BCUT2D eigenvalue weighted by Crippen LogP contribution is 2.35. The molecule has 1 amide bonds. The van der Waals surface area contributed by atoms with Gasteiger partial charge < -0.3 is 19.3 Å². The van der Waals surface area contributed by atoms with Crippen LogP contribution in [-0.2, 0) is 15.1 Å². The predicted octanol–water partition coefficient (Wildman–Crippen LogP) is 2.28. The van der Waals surface area contributed by atoms with Crippen molar-refractivity contribution in [2.45, 2.75) is 18.9 Å². The molecule has 33 heavy (non-hydrogen) atoms. The molecule has 0 unspecified atom stereocenters. The maximum absolute atomic E-state index is 12.4. The summed E-state index contributed by atoms with van der Waals surface area (Å²) >= 11 is 0. The van der Waals surface area contributed by atoms with Crippen LogP contribution in [0.5, 0.6) is 0 Å². The van der Waals surface area contributed by atoms with Gasteiger partial charge in [0.15, 0.2) is 5.76 Å². The van der Waals surface area contributed by atoms with E-state index in [1.807, 2.05) is 24.3 Å². The number of aromatic nitrogens is 4. The first-order valence-corrected chi connectivity index (χ1v) is 10.5. The van der Waals surface area contributed by atoms with Gasteiger partial charge in [-0.1, -0.05) is 23.4 Å². The Kier molecular flexibility index (Phi) is 4.94. The van der Waals surface area contributed by atoms with Crippen LogP contribution < -0.4 is 0 Å². The number of aliphatic hydroxyl groups is 1. The Morgan fingerprint density at radius 2 is 2.12 bits per heavy atom. The van der Waals surface area contributed by atoms with Crippen molar-refractivity contribution >= 4 is 17.4 Å². The van der Waals surface area contributed by atoms with E-state index in [4.69, 9.17) is 9.26 Å². The molecular formula is C23H21N5O5. The molecule has 1 N–H and O–H groups in total. The van der Waals surface area contributed by atoms with E-state index in [1.54, 1.807) is 43.0 Å². The lowest BCUT2D eigenvalue weighted by Crippen LogP contribution is -2.35. The average molecular weight is 447 g/mol. The number of fused-ring (bicyclic) bond motifs is 1. The Balaban J connectivity index is 1.54. The number of imidazole rings is 1. The number of carbonyl (C=O) groups excluding carboxylic acids is 2. The summed E-state index contributed by atoms with van der Waals surface area (Å²) in [6, 6.07) is 8.94. The smallest absolute Gasteiger partial charge is 0.374 e. The van der Waals surface area contributed by atoms with Gasteiger partial charge in [-0.25, -0.2) is 9.78 Å². The molecule has 0 spiro atoms. The van der Waals surface area contributed by atoms with Crippen LogP contribution in [0.1, 0.15) is 29.7 Å². The monoisotopic (exact) mass is 447 g/mol. The van der Waals surface area contributed by atoms with E-state index in [1.165, 1.54) is 4.90 Å². The van der Waals surface area contributed by atoms with Crippen LogP contribution in [0, 0.1) is 0 Å². The number of carbonyl (C=O) groups is 2. The molecule has 1 aliphatic rings. The number of nitrogens with zero attached hydrogens (tertiary/aromatic N) is 5. The third-order valence-electron chi connectivity index (χ3n) is 5.76. The van der Waals surface area contributed by atoms with Gasteiger partial charge in [0.1, 0.15) is 5.69 Å². The minimum atomic E-state index is -1.71. The molecule has 0 saturated carbocycles. The largest absolute Gasteiger partial charge is 0.460 e. The number of rotatable bonds is 5. The molecule has 1 saturated heterocycles. The second-order valence-corrected chi connectivity index (χ2v) is 7.83. The Labute approximate surface area is 188 Å². The van der Waals surface area contributed by atoms with E-state index in [2.05, 4.69) is 15.1 Å². The van der Waals surface area contributed by atoms with Crippen molar-refractivity contribution in [3.05, 3.63) is 60.5 Å². The van der Waals surface area contributed by atoms with Crippen LogP contribution in [0.4, 0.5) is 0 Å². The molecular weight excluding hydrogens is 426 g/mol. The summed E-state index contributed by atoms with van der Waals surface area (Å²) in [4.78, 5) is 34.9. The second kappa shape index (κ2) is 7.82. The minimum Gasteiger partial charge on any atom is -0.460 e. The number of hydrogen-bond donors (Lipinski definition) is 1. The van der Waals surface area contributed by atoms with Crippen molar-refractivity contribution in [3.8, 4) is 22.5 Å². The summed E-state index contributed by atoms with van der Waals surface area (Å²) in [6.07, 6.45) is 5.09. The standard InChI is InChI=1S/C23H21N5O5/c1-3-32-21(29)20-25-19(17-13-24-8-10-28(17)20)15-6-4-5-14(11-15)16-12-18(33-26-16)23(31)7-9-27(2)22(23)30/h4-6,8,10-13,31H,3,7,9H2,1-2H3/t23-/m1/s1. The highest BCUT2D eigenvalue weighted by atomic mass is 16.5. The van der Waals surface area contributed by atoms with Gasteiger partial charge in [-0.2, -0.15) is 0 Å². The first kappa shape index (κ1) is 20.8. The van der Waals surface area contributed by atoms with Crippen LogP contribution in [0.3, 0.4) is 0 Å². The third-order valence-corrected chi connectivity index (χ3v) is 5.76. The number of likely N-dealkylation sites (N-methyl/N-ethyl adjacent to an activating group) is 1. The fourth-order valence-corrected chi connectivity index (χ4v) is 4.00. The third kappa shape index (κ3) is 3.35. The lowest BCUT2D eigenvalue weighted by molar-refractivity contribution is -0.144. The summed E-state index contributed by atoms with van der Waals surface area (Å²) < 4.78 is 12.1. The summed E-state index contributed by atoms with van der Waals surface area (Å²) in [5.74, 6) is -0.674. The number of amides is 1. The number of hydrogen-bond acceptors (Lipinski definition) is 8. The molecule has 168 valence electrons. The fourth-order valence-electron chi connectivity index (χ4n) is 4.00. The molecule has 10 heteroatoms. The SMILES string of the molecule is CCOC(=O)c1nc(-c2cccc(-c3cc([C@]4(O)CCN(C)C4=O)on3)c2)c2cnccn12. The van der Waals surface area contributed by atoms with Gasteiger partial charge in [-0.05, 0) is 13.0 Å². The molecule has 0 aliphatic carbocycles. The molecule has 1 fully saturated rings. The quantitative estimate of drug-likeness (QED) is 0.462. The van der Waals surface area contributed by atoms with Crippen molar-refractivity contribution in [1.82, 2.24) is 24.4 Å². The molecule has 0 bridgehead atoms. The van der Waals surface area contributed by atoms with E-state index >= 15 is 0 Å². The molecule has 0 radical (unpaired) electrons. The molecule has 4 aromatic rings. The Bertz CT molecular complexity index is 1380. The van der Waals surface area contributed by atoms with E-state index < -0.39 is 17.5 Å². The van der Waals surface area contributed by atoms with Gasteiger partial charge in [0.2, 0.25) is 11.4 Å². The van der Waals surface area contributed by atoms with Crippen molar-refractivity contribution < 1.29 is 24.0 Å². The average Bonchev–Trinajstić information content (AvgIpc) is 3.54. The van der Waals surface area contributed by atoms with E-state index in [0.29, 0.717) is 29.0 Å². The highest BCUT2D eigenvalue weighted by molar-refractivity contribution is 5.91. The number of likely N-dealkylation sites (tertiary alicyclic amines) is 1. The topological polar surface area (TPSA) is 123 Å². The molecule has 1 aromatic carbocycles. The molecule has 1 atom stereocenters. The van der Waals surface area contributed by atoms with E-state index in [-0.39, 0.29) is 24.6 Å². The number of esters is 1. The molecule has 10 nitrogen and oxygen atoms in total. The minimum absolute atomic E-state index is 0.110. The van der Waals surface area contributed by atoms with Gasteiger partial charge in [0.25, 0.3) is 5.91 Å². The van der Waals surface area contributed by atoms with Crippen LogP contribution in [0.2, 0.25) is 0 Å². The van der Waals surface area contributed by atoms with Crippen molar-refractivity contribution in [2.75, 3.05) is 20.2 Å². The van der Waals surface area contributed by atoms with Crippen LogP contribution in [0.15, 0.2) is 53.4 Å². The first-order chi connectivity index (χ1) is 15.9. The highest BCUT2D eigenvalue weighted by Gasteiger charge is 2.48. The lowest BCUT2D eigenvalue weighted by Gasteiger charge is -2.16. The van der Waals surface area contributed by atoms with Gasteiger partial charge in [-0.15, -0.1) is 0 Å². The summed E-state index contributed by atoms with van der Waals surface area (Å²) in [7, 11) is 1.63. The van der Waals surface area contributed by atoms with Crippen LogP contribution >= 0.6 is 0 Å². The van der Waals surface area contributed by atoms with Gasteiger partial charge in [0.05, 0.1) is 24.0 Å². The normalized spacial score (nSPS) is 18.3. The molecule has 5 rings (SSSR count). The Morgan fingerprint density at radius 3 is 2.88 bits per heavy atom. The van der Waals surface area contributed by atoms with Gasteiger partial charge >= 0.3 is 5.97 Å². The zero-order valence-electron chi connectivity index (χ0n) is 18.1.